The van der Waals surface area contributed by atoms with E-state index in [2.05, 4.69) is 51.9 Å². The van der Waals surface area contributed by atoms with Crippen molar-refractivity contribution >= 4 is 33.9 Å². The van der Waals surface area contributed by atoms with Crippen LogP contribution in [0.3, 0.4) is 0 Å². The van der Waals surface area contributed by atoms with Crippen molar-refractivity contribution in [1.82, 2.24) is 20.2 Å². The molecule has 0 radical (unpaired) electrons. The Labute approximate surface area is 233 Å². The van der Waals surface area contributed by atoms with Gasteiger partial charge in [0.2, 0.25) is 0 Å². The summed E-state index contributed by atoms with van der Waals surface area (Å²) in [6.07, 6.45) is 0. The number of carbonyl (C=O) groups is 1. The van der Waals surface area contributed by atoms with E-state index in [1.807, 2.05) is 115 Å². The summed E-state index contributed by atoms with van der Waals surface area (Å²) in [6, 6.07) is 50.5. The largest absolute Gasteiger partial charge is 0.288 e. The molecule has 0 saturated heterocycles. The highest BCUT2D eigenvalue weighted by Gasteiger charge is 2.37. The van der Waals surface area contributed by atoms with Gasteiger partial charge in [-0.2, -0.15) is 0 Å². The van der Waals surface area contributed by atoms with Gasteiger partial charge >= 0.3 is 0 Å². The van der Waals surface area contributed by atoms with Crippen LogP contribution in [0.5, 0.6) is 0 Å². The van der Waals surface area contributed by atoms with Gasteiger partial charge < -0.3 is 0 Å². The lowest BCUT2D eigenvalue weighted by atomic mass is 10.1. The Morgan fingerprint density at radius 2 is 1.00 bits per heavy atom. The minimum absolute atomic E-state index is 0.0883. The Morgan fingerprint density at radius 3 is 1.48 bits per heavy atom. The summed E-state index contributed by atoms with van der Waals surface area (Å²) < 4.78 is 1.76. The highest BCUT2D eigenvalue weighted by Crippen LogP contribution is 2.48. The van der Waals surface area contributed by atoms with E-state index in [9.17, 15) is 4.79 Å². The fourth-order valence-electron chi connectivity index (χ4n) is 5.16. The summed E-state index contributed by atoms with van der Waals surface area (Å²) in [5.41, 5.74) is 1.64. The van der Waals surface area contributed by atoms with Gasteiger partial charge in [0, 0.05) is 5.56 Å². The van der Waals surface area contributed by atoms with Gasteiger partial charge in [-0.15, -0.1) is 5.10 Å². The predicted molar refractivity (Wildman–Crippen MR) is 163 cm³/mol. The Balaban J connectivity index is 1.80. The fraction of sp³-hybridized carbons (Fsp3) is 0.0294. The van der Waals surface area contributed by atoms with Gasteiger partial charge in [-0.25, -0.2) is 4.68 Å². The molecular formula is C34H27N4OP. The molecule has 1 aromatic heterocycles. The lowest BCUT2D eigenvalue weighted by Gasteiger charge is -2.32. The Morgan fingerprint density at radius 1 is 0.575 bits per heavy atom. The Hall–Kier alpha value is -4.86. The van der Waals surface area contributed by atoms with Crippen molar-refractivity contribution in [1.29, 1.82) is 0 Å². The molecule has 0 fully saturated rings. The Kier molecular flexibility index (Phi) is 7.30. The van der Waals surface area contributed by atoms with Crippen LogP contribution in [0.4, 0.5) is 0 Å². The fourth-order valence-corrected chi connectivity index (χ4v) is 9.58. The molecule has 0 aliphatic carbocycles. The minimum atomic E-state index is -2.80. The van der Waals surface area contributed by atoms with Crippen molar-refractivity contribution in [3.05, 3.63) is 169 Å². The number of Topliss-reactive ketones (excluding diaryl/α,β-unsaturated/α-hetero) is 1. The number of hydrogen-bond acceptors (Lipinski definition) is 4. The number of benzene rings is 5. The van der Waals surface area contributed by atoms with Crippen LogP contribution < -0.4 is 15.9 Å². The molecule has 6 heteroatoms. The number of aromatic nitrogens is 4. The first-order chi connectivity index (χ1) is 19.8. The molecule has 0 aliphatic heterocycles. The maximum absolute atomic E-state index is 14.9. The third kappa shape index (κ3) is 4.72. The molecule has 5 nitrogen and oxygen atoms in total. The van der Waals surface area contributed by atoms with Gasteiger partial charge in [0.15, 0.2) is 11.6 Å². The third-order valence-electron chi connectivity index (χ3n) is 6.94. The van der Waals surface area contributed by atoms with Crippen LogP contribution in [0.15, 0.2) is 152 Å². The molecule has 40 heavy (non-hydrogen) atoms. The Bertz CT molecular complexity index is 1670. The maximum atomic E-state index is 14.9. The van der Waals surface area contributed by atoms with Crippen molar-refractivity contribution in [3.63, 3.8) is 0 Å². The molecule has 6 rings (SSSR count). The molecule has 0 amide bonds. The zero-order valence-electron chi connectivity index (χ0n) is 21.8. The van der Waals surface area contributed by atoms with Crippen LogP contribution in [-0.2, 0) is 6.54 Å². The zero-order valence-corrected chi connectivity index (χ0v) is 22.7. The van der Waals surface area contributed by atoms with E-state index in [1.54, 1.807) is 4.68 Å². The number of rotatable bonds is 8. The van der Waals surface area contributed by atoms with E-state index in [0.717, 1.165) is 21.5 Å². The second-order valence-corrected chi connectivity index (χ2v) is 12.7. The number of tetrazole rings is 1. The van der Waals surface area contributed by atoms with Gasteiger partial charge in [0.1, 0.15) is 0 Å². The summed E-state index contributed by atoms with van der Waals surface area (Å²) >= 11 is 0. The van der Waals surface area contributed by atoms with Gasteiger partial charge in [0.25, 0.3) is 0 Å². The standard InChI is InChI=1S/C34H27N4OP/c39-32(28-18-8-2-9-19-28)33(34-35-36-37-38(34)26-27-16-6-1-7-17-27)40(29-20-10-3-11-21-29,30-22-12-4-13-23-30)31-24-14-5-15-25-31/h1-25H,26H2. The second kappa shape index (κ2) is 11.5. The first-order valence-corrected chi connectivity index (χ1v) is 14.9. The molecule has 0 spiro atoms. The molecule has 6 aromatic rings. The van der Waals surface area contributed by atoms with Crippen LogP contribution in [-0.4, -0.2) is 31.3 Å². The number of carbonyl (C=O) groups excluding carboxylic acids is 1. The number of ketones is 1. The van der Waals surface area contributed by atoms with Crippen LogP contribution >= 0.6 is 6.89 Å². The van der Waals surface area contributed by atoms with Crippen LogP contribution in [0.2, 0.25) is 0 Å². The summed E-state index contributed by atoms with van der Waals surface area (Å²) in [5, 5.41) is 16.9. The minimum Gasteiger partial charge on any atom is -0.288 e. The summed E-state index contributed by atoms with van der Waals surface area (Å²) in [7, 11) is 0. The van der Waals surface area contributed by atoms with Crippen molar-refractivity contribution in [2.45, 2.75) is 6.54 Å². The molecule has 0 atom stereocenters. The molecule has 0 unspecified atom stereocenters. The lowest BCUT2D eigenvalue weighted by Crippen LogP contribution is -2.35. The van der Waals surface area contributed by atoms with Crippen molar-refractivity contribution in [3.8, 4) is 0 Å². The smallest absolute Gasteiger partial charge is 0.197 e. The monoisotopic (exact) mass is 538 g/mol. The molecule has 0 bridgehead atoms. The molecule has 5 aromatic carbocycles. The normalized spacial score (nSPS) is 11.2. The first kappa shape index (κ1) is 25.4. The van der Waals surface area contributed by atoms with Gasteiger partial charge in [-0.1, -0.05) is 152 Å². The molecule has 0 N–H and O–H groups in total. The summed E-state index contributed by atoms with van der Waals surface area (Å²) in [4.78, 5) is 14.9. The predicted octanol–water partition coefficient (Wildman–Crippen LogP) is 5.12. The molecule has 194 valence electrons. The van der Waals surface area contributed by atoms with E-state index in [-0.39, 0.29) is 5.78 Å². The lowest BCUT2D eigenvalue weighted by molar-refractivity contribution is 0.106. The summed E-state index contributed by atoms with van der Waals surface area (Å²) in [6.45, 7) is -2.36. The third-order valence-corrected chi connectivity index (χ3v) is 11.2. The average molecular weight is 539 g/mol. The van der Waals surface area contributed by atoms with E-state index in [0.29, 0.717) is 23.2 Å². The molecule has 0 aliphatic rings. The van der Waals surface area contributed by atoms with E-state index in [4.69, 9.17) is 0 Å². The first-order valence-electron chi connectivity index (χ1n) is 13.1. The van der Waals surface area contributed by atoms with Gasteiger partial charge in [0.05, 0.1) is 11.8 Å². The highest BCUT2D eigenvalue weighted by atomic mass is 31.2. The van der Waals surface area contributed by atoms with E-state index < -0.39 is 6.89 Å². The van der Waals surface area contributed by atoms with Crippen LogP contribution in [0.1, 0.15) is 21.7 Å². The SMILES string of the molecule is O=C(C(c1nnnn1Cc1ccccc1)=P(c1ccccc1)(c1ccccc1)c1ccccc1)c1ccccc1. The zero-order chi connectivity index (χ0) is 27.2. The highest BCUT2D eigenvalue weighted by molar-refractivity contribution is 7.96. The van der Waals surface area contributed by atoms with E-state index >= 15 is 0 Å². The van der Waals surface area contributed by atoms with Gasteiger partial charge in [-0.05, 0) is 38.8 Å². The van der Waals surface area contributed by atoms with Crippen molar-refractivity contribution in [2.75, 3.05) is 0 Å². The number of hydrogen-bond donors (Lipinski definition) is 0. The second-order valence-electron chi connectivity index (χ2n) is 9.37. The number of nitrogens with zero attached hydrogens (tertiary/aromatic N) is 4. The molecular weight excluding hydrogens is 511 g/mol. The topological polar surface area (TPSA) is 60.7 Å². The van der Waals surface area contributed by atoms with E-state index in [1.165, 1.54) is 0 Å². The quantitative estimate of drug-likeness (QED) is 0.199. The van der Waals surface area contributed by atoms with Crippen LogP contribution in [0.25, 0.3) is 0 Å². The van der Waals surface area contributed by atoms with Gasteiger partial charge in [-0.3, -0.25) is 4.79 Å². The van der Waals surface area contributed by atoms with Crippen molar-refractivity contribution < 1.29 is 4.79 Å². The molecule has 1 heterocycles. The average Bonchev–Trinajstić information content (AvgIpc) is 3.49. The maximum Gasteiger partial charge on any atom is 0.197 e. The van der Waals surface area contributed by atoms with Crippen LogP contribution in [0, 0.1) is 0 Å². The van der Waals surface area contributed by atoms with Crippen molar-refractivity contribution in [2.24, 2.45) is 0 Å². The molecule has 0 saturated carbocycles. The summed E-state index contributed by atoms with van der Waals surface area (Å²) in [5.74, 6) is 0.386.